The maximum Gasteiger partial charge on any atom is 1.00 e. The number of hydrogen-bond donors (Lipinski definition) is 3. The van der Waals surface area contributed by atoms with Crippen molar-refractivity contribution in [1.29, 1.82) is 0 Å². The van der Waals surface area contributed by atoms with Crippen molar-refractivity contribution in [3.8, 4) is 5.75 Å². The number of carbonyl (C=O) groups is 2. The summed E-state index contributed by atoms with van der Waals surface area (Å²) < 4.78 is 36.4. The van der Waals surface area contributed by atoms with Gasteiger partial charge in [0.2, 0.25) is 0 Å². The molecule has 0 aromatic heterocycles. The summed E-state index contributed by atoms with van der Waals surface area (Å²) in [5, 5.41) is 14.3. The number of rotatable bonds is 9. The van der Waals surface area contributed by atoms with Gasteiger partial charge in [0.15, 0.2) is 5.75 Å². The first kappa shape index (κ1) is 28.0. The molecule has 0 aliphatic carbocycles. The van der Waals surface area contributed by atoms with Gasteiger partial charge in [0.05, 0.1) is 0 Å². The van der Waals surface area contributed by atoms with E-state index in [2.05, 4.69) is 11.8 Å². The van der Waals surface area contributed by atoms with Crippen molar-refractivity contribution < 1.29 is 73.5 Å². The van der Waals surface area contributed by atoms with Gasteiger partial charge in [-0.25, -0.2) is 4.79 Å². The molecule has 1 aromatic rings. The number of benzene rings is 1. The molecule has 0 aliphatic heterocycles. The minimum atomic E-state index is -4.39. The van der Waals surface area contributed by atoms with E-state index in [1.54, 1.807) is 6.07 Å². The Hall–Kier alpha value is -1.17. The van der Waals surface area contributed by atoms with Gasteiger partial charge in [-0.2, -0.15) is 13.7 Å². The van der Waals surface area contributed by atoms with Crippen LogP contribution >= 0.6 is 0 Å². The molecular weight excluding hydrogens is 391 g/mol. The molecule has 0 heterocycles. The summed E-state index contributed by atoms with van der Waals surface area (Å²) in [6, 6.07) is 5.54. The smallest absolute Gasteiger partial charge is 1.00 e. The zero-order valence-electron chi connectivity index (χ0n) is 16.5. The van der Waals surface area contributed by atoms with Gasteiger partial charge >= 0.3 is 41.7 Å². The van der Waals surface area contributed by atoms with Crippen LogP contribution in [-0.4, -0.2) is 35.5 Å². The van der Waals surface area contributed by atoms with Crippen LogP contribution in [0.2, 0.25) is 0 Å². The minimum Gasteiger partial charge on any atom is -1.00 e. The zero-order chi connectivity index (χ0) is 20.0. The summed E-state index contributed by atoms with van der Waals surface area (Å²) in [7, 11) is -4.39. The number of carboxylic acid groups (broad SMARTS) is 1. The van der Waals surface area contributed by atoms with E-state index in [9.17, 15) is 13.2 Å². The van der Waals surface area contributed by atoms with E-state index in [0.717, 1.165) is 25.7 Å². The molecule has 0 bridgehead atoms. The Kier molecular flexibility index (Phi) is 16.5. The second kappa shape index (κ2) is 15.8. The van der Waals surface area contributed by atoms with Gasteiger partial charge in [0.1, 0.15) is 4.90 Å². The topological polar surface area (TPSA) is 147 Å². The molecule has 0 saturated heterocycles. The van der Waals surface area contributed by atoms with E-state index >= 15 is 0 Å². The van der Waals surface area contributed by atoms with Crippen LogP contribution in [-0.2, 0) is 19.8 Å². The zero-order valence-corrected chi connectivity index (χ0v) is 18.3. The SMILES string of the molecule is CCCCCCCCC(=O)Oc1ccccc1S(=O)(=O)O.O=C(O)OO.[H-].[Na+]. The van der Waals surface area contributed by atoms with Crippen molar-refractivity contribution in [3.63, 3.8) is 0 Å². The maximum absolute atomic E-state index is 11.7. The van der Waals surface area contributed by atoms with Crippen LogP contribution in [0.3, 0.4) is 0 Å². The van der Waals surface area contributed by atoms with Crippen LogP contribution in [0.4, 0.5) is 4.79 Å². The van der Waals surface area contributed by atoms with E-state index in [4.69, 9.17) is 24.4 Å². The minimum absolute atomic E-state index is 0. The van der Waals surface area contributed by atoms with Crippen LogP contribution in [0.5, 0.6) is 5.75 Å². The number of hydrogen-bond acceptors (Lipinski definition) is 7. The Bertz CT molecular complexity index is 668. The largest absolute Gasteiger partial charge is 1.00 e. The molecule has 0 radical (unpaired) electrons. The van der Waals surface area contributed by atoms with Crippen molar-refractivity contribution in [2.24, 2.45) is 0 Å². The van der Waals surface area contributed by atoms with Gasteiger partial charge in [0, 0.05) is 6.42 Å². The monoisotopic (exact) mass is 416 g/mol. The fraction of sp³-hybridized carbons (Fsp3) is 0.500. The van der Waals surface area contributed by atoms with E-state index in [1.165, 1.54) is 31.0 Å². The van der Waals surface area contributed by atoms with Gasteiger partial charge in [-0.15, -0.1) is 0 Å². The van der Waals surface area contributed by atoms with E-state index in [0.29, 0.717) is 0 Å². The van der Waals surface area contributed by atoms with Crippen LogP contribution in [0.1, 0.15) is 53.3 Å². The summed E-state index contributed by atoms with van der Waals surface area (Å²) in [5.74, 6) is -0.613. The molecule has 27 heavy (non-hydrogen) atoms. The average molecular weight is 416 g/mol. The van der Waals surface area contributed by atoms with E-state index in [-0.39, 0.29) is 48.0 Å². The predicted octanol–water partition coefficient (Wildman–Crippen LogP) is 0.860. The second-order valence-electron chi connectivity index (χ2n) is 5.27. The van der Waals surface area contributed by atoms with Crippen LogP contribution in [0.15, 0.2) is 29.2 Å². The fourth-order valence-electron chi connectivity index (χ4n) is 1.97. The molecule has 1 rings (SSSR count). The van der Waals surface area contributed by atoms with Crippen molar-refractivity contribution in [2.75, 3.05) is 0 Å². The van der Waals surface area contributed by atoms with Gasteiger partial charge < -0.3 is 11.3 Å². The number of carbonyl (C=O) groups excluding carboxylic acids is 1. The summed E-state index contributed by atoms with van der Waals surface area (Å²) >= 11 is 0. The van der Waals surface area contributed by atoms with Crippen LogP contribution < -0.4 is 34.3 Å². The summed E-state index contributed by atoms with van der Waals surface area (Å²) in [5.41, 5.74) is 0. The normalized spacial score (nSPS) is 10.0. The van der Waals surface area contributed by atoms with Crippen molar-refractivity contribution in [1.82, 2.24) is 0 Å². The number of esters is 1. The summed E-state index contributed by atoms with van der Waals surface area (Å²) in [4.78, 5) is 22.9. The van der Waals surface area contributed by atoms with Gasteiger partial charge in [-0.1, -0.05) is 51.2 Å². The predicted molar refractivity (Wildman–Crippen MR) is 92.7 cm³/mol. The molecular formula is C16H25NaO9S. The molecule has 11 heteroatoms. The fourth-order valence-corrected chi connectivity index (χ4v) is 2.59. The Morgan fingerprint density at radius 3 is 2.11 bits per heavy atom. The molecule has 0 spiro atoms. The Labute approximate surface area is 182 Å². The number of ether oxygens (including phenoxy) is 1. The van der Waals surface area contributed by atoms with Gasteiger partial charge in [0.25, 0.3) is 10.1 Å². The third kappa shape index (κ3) is 14.5. The van der Waals surface area contributed by atoms with Crippen molar-refractivity contribution in [3.05, 3.63) is 24.3 Å². The molecule has 150 valence electrons. The van der Waals surface area contributed by atoms with Crippen LogP contribution in [0, 0.1) is 0 Å². The van der Waals surface area contributed by atoms with E-state index < -0.39 is 22.2 Å². The molecule has 0 unspecified atom stereocenters. The molecule has 9 nitrogen and oxygen atoms in total. The molecule has 0 aliphatic rings. The molecule has 0 fully saturated rings. The molecule has 1 aromatic carbocycles. The average Bonchev–Trinajstić information content (AvgIpc) is 2.58. The van der Waals surface area contributed by atoms with Gasteiger partial charge in [-0.3, -0.25) is 14.2 Å². The summed E-state index contributed by atoms with van der Waals surface area (Å²) in [6.45, 7) is 2.14. The second-order valence-corrected chi connectivity index (χ2v) is 6.66. The first-order valence-corrected chi connectivity index (χ1v) is 9.47. The van der Waals surface area contributed by atoms with Crippen LogP contribution in [0.25, 0.3) is 0 Å². The van der Waals surface area contributed by atoms with Crippen molar-refractivity contribution >= 4 is 22.2 Å². The Morgan fingerprint density at radius 2 is 1.59 bits per heavy atom. The van der Waals surface area contributed by atoms with E-state index in [1.807, 2.05) is 0 Å². The molecule has 0 saturated carbocycles. The Morgan fingerprint density at radius 1 is 1.07 bits per heavy atom. The van der Waals surface area contributed by atoms with Crippen molar-refractivity contribution in [2.45, 2.75) is 56.8 Å². The third-order valence-electron chi connectivity index (χ3n) is 3.16. The molecule has 0 atom stereocenters. The number of para-hydroxylation sites is 1. The molecule has 0 amide bonds. The van der Waals surface area contributed by atoms with Gasteiger partial charge in [-0.05, 0) is 18.6 Å². The standard InChI is InChI=1S/C15H22O5S.CH2O4.Na.H/c1-2-3-4-5-6-7-12-15(16)20-13-10-8-9-11-14(13)21(17,18)19;2-1(3)5-4;;/h8-11H,2-7,12H2,1H3,(H,17,18,19);4H,(H,2,3);;/q;;+1;-1. The summed E-state index contributed by atoms with van der Waals surface area (Å²) in [6.07, 6.45) is 4.85. The Balaban J connectivity index is -0.000000793. The maximum atomic E-state index is 11.7. The quantitative estimate of drug-likeness (QED) is 0.101. The first-order chi connectivity index (χ1) is 12.2. The molecule has 3 N–H and O–H groups in total. The first-order valence-electron chi connectivity index (χ1n) is 8.03. The number of unbranched alkanes of at least 4 members (excludes halogenated alkanes) is 5. The third-order valence-corrected chi connectivity index (χ3v) is 4.06.